The molecule has 21 heavy (non-hydrogen) atoms. The zero-order valence-electron chi connectivity index (χ0n) is 12.9. The SMILES string of the molecule is CCC1(c2nc(Cc3ccccc3C)no2)CCNCC1. The van der Waals surface area contributed by atoms with Gasteiger partial charge in [0.05, 0.1) is 5.41 Å². The van der Waals surface area contributed by atoms with Gasteiger partial charge in [0.15, 0.2) is 5.82 Å². The summed E-state index contributed by atoms with van der Waals surface area (Å²) in [6.07, 6.45) is 3.96. The number of nitrogens with one attached hydrogen (secondary N) is 1. The maximum Gasteiger partial charge on any atom is 0.232 e. The lowest BCUT2D eigenvalue weighted by atomic mass is 9.76. The molecule has 2 aromatic rings. The predicted molar refractivity (Wildman–Crippen MR) is 82.4 cm³/mol. The first kappa shape index (κ1) is 14.3. The van der Waals surface area contributed by atoms with E-state index < -0.39 is 0 Å². The molecule has 0 saturated carbocycles. The summed E-state index contributed by atoms with van der Waals surface area (Å²) < 4.78 is 5.62. The molecular formula is C17H23N3O. The third-order valence-corrected chi connectivity index (χ3v) is 4.77. The minimum Gasteiger partial charge on any atom is -0.339 e. The zero-order valence-corrected chi connectivity index (χ0v) is 12.9. The van der Waals surface area contributed by atoms with Crippen molar-refractivity contribution in [3.63, 3.8) is 0 Å². The van der Waals surface area contributed by atoms with E-state index in [1.165, 1.54) is 11.1 Å². The average molecular weight is 285 g/mol. The van der Waals surface area contributed by atoms with E-state index in [1.54, 1.807) is 0 Å². The molecule has 0 atom stereocenters. The Morgan fingerprint density at radius 1 is 1.24 bits per heavy atom. The Bertz CT molecular complexity index is 600. The van der Waals surface area contributed by atoms with Gasteiger partial charge in [-0.15, -0.1) is 0 Å². The van der Waals surface area contributed by atoms with Crippen molar-refractivity contribution in [3.05, 3.63) is 47.1 Å². The van der Waals surface area contributed by atoms with Crippen LogP contribution < -0.4 is 5.32 Å². The van der Waals surface area contributed by atoms with E-state index in [0.717, 1.165) is 50.5 Å². The van der Waals surface area contributed by atoms with Gasteiger partial charge in [0.1, 0.15) is 0 Å². The highest BCUT2D eigenvalue weighted by Crippen LogP contribution is 2.35. The van der Waals surface area contributed by atoms with Gasteiger partial charge in [-0.1, -0.05) is 36.3 Å². The second-order valence-corrected chi connectivity index (χ2v) is 6.00. The van der Waals surface area contributed by atoms with Crippen LogP contribution in [0.3, 0.4) is 0 Å². The van der Waals surface area contributed by atoms with E-state index >= 15 is 0 Å². The lowest BCUT2D eigenvalue weighted by Crippen LogP contribution is -2.39. The fourth-order valence-corrected chi connectivity index (χ4v) is 3.14. The Kier molecular flexibility index (Phi) is 4.06. The molecule has 4 nitrogen and oxygen atoms in total. The van der Waals surface area contributed by atoms with Crippen LogP contribution in [0.2, 0.25) is 0 Å². The standard InChI is InChI=1S/C17H23N3O/c1-3-17(8-10-18-11-9-17)16-19-15(20-21-16)12-14-7-5-4-6-13(14)2/h4-7,18H,3,8-12H2,1-2H3. The molecule has 2 heterocycles. The van der Waals surface area contributed by atoms with Crippen LogP contribution in [0.15, 0.2) is 28.8 Å². The second kappa shape index (κ2) is 5.98. The molecule has 1 N–H and O–H groups in total. The van der Waals surface area contributed by atoms with Gasteiger partial charge in [0.25, 0.3) is 0 Å². The molecule has 0 unspecified atom stereocenters. The van der Waals surface area contributed by atoms with E-state index in [-0.39, 0.29) is 5.41 Å². The molecule has 0 spiro atoms. The zero-order chi connectivity index (χ0) is 14.7. The molecule has 0 bridgehead atoms. The van der Waals surface area contributed by atoms with Crippen molar-refractivity contribution >= 4 is 0 Å². The van der Waals surface area contributed by atoms with Crippen molar-refractivity contribution in [3.8, 4) is 0 Å². The molecule has 112 valence electrons. The minimum atomic E-state index is 0.0717. The number of piperidine rings is 1. The molecule has 0 amide bonds. The molecule has 4 heteroatoms. The molecule has 1 aliphatic rings. The Hall–Kier alpha value is -1.68. The molecule has 1 fully saturated rings. The van der Waals surface area contributed by atoms with Gasteiger partial charge in [-0.05, 0) is 50.4 Å². The Labute approximate surface area is 126 Å². The maximum absolute atomic E-state index is 5.62. The molecule has 0 aliphatic carbocycles. The van der Waals surface area contributed by atoms with Gasteiger partial charge in [0, 0.05) is 6.42 Å². The lowest BCUT2D eigenvalue weighted by molar-refractivity contribution is 0.216. The van der Waals surface area contributed by atoms with Crippen LogP contribution in [-0.4, -0.2) is 23.2 Å². The van der Waals surface area contributed by atoms with E-state index in [2.05, 4.69) is 48.6 Å². The number of hydrogen-bond donors (Lipinski definition) is 1. The third-order valence-electron chi connectivity index (χ3n) is 4.77. The normalized spacial score (nSPS) is 17.8. The highest BCUT2D eigenvalue weighted by atomic mass is 16.5. The van der Waals surface area contributed by atoms with Gasteiger partial charge in [-0.25, -0.2) is 0 Å². The van der Waals surface area contributed by atoms with Crippen LogP contribution in [0.25, 0.3) is 0 Å². The second-order valence-electron chi connectivity index (χ2n) is 6.00. The molecular weight excluding hydrogens is 262 g/mol. The molecule has 0 radical (unpaired) electrons. The summed E-state index contributed by atoms with van der Waals surface area (Å²) in [4.78, 5) is 4.71. The van der Waals surface area contributed by atoms with Crippen molar-refractivity contribution < 1.29 is 4.52 Å². The predicted octanol–water partition coefficient (Wildman–Crippen LogP) is 3.00. The van der Waals surface area contributed by atoms with Crippen LogP contribution in [0.5, 0.6) is 0 Å². The number of aromatic nitrogens is 2. The fraction of sp³-hybridized carbons (Fsp3) is 0.529. The van der Waals surface area contributed by atoms with Crippen LogP contribution >= 0.6 is 0 Å². The molecule has 1 aromatic carbocycles. The summed E-state index contributed by atoms with van der Waals surface area (Å²) in [5.74, 6) is 1.63. The number of hydrogen-bond acceptors (Lipinski definition) is 4. The first-order valence-corrected chi connectivity index (χ1v) is 7.82. The van der Waals surface area contributed by atoms with Gasteiger partial charge in [0.2, 0.25) is 5.89 Å². The van der Waals surface area contributed by atoms with Gasteiger partial charge < -0.3 is 9.84 Å². The lowest BCUT2D eigenvalue weighted by Gasteiger charge is -2.33. The molecule has 1 aliphatic heterocycles. The topological polar surface area (TPSA) is 51.0 Å². The van der Waals surface area contributed by atoms with Crippen molar-refractivity contribution in [2.24, 2.45) is 0 Å². The Morgan fingerprint density at radius 2 is 2.00 bits per heavy atom. The minimum absolute atomic E-state index is 0.0717. The smallest absolute Gasteiger partial charge is 0.232 e. The average Bonchev–Trinajstić information content (AvgIpc) is 2.99. The van der Waals surface area contributed by atoms with Crippen LogP contribution in [0.4, 0.5) is 0 Å². The monoisotopic (exact) mass is 285 g/mol. The first-order chi connectivity index (χ1) is 10.2. The highest BCUT2D eigenvalue weighted by molar-refractivity contribution is 5.28. The Morgan fingerprint density at radius 3 is 2.71 bits per heavy atom. The van der Waals surface area contributed by atoms with Gasteiger partial charge in [-0.2, -0.15) is 4.98 Å². The number of benzene rings is 1. The van der Waals surface area contributed by atoms with Crippen molar-refractivity contribution in [1.29, 1.82) is 0 Å². The summed E-state index contributed by atoms with van der Waals surface area (Å²) in [5, 5.41) is 7.62. The van der Waals surface area contributed by atoms with Crippen LogP contribution in [0.1, 0.15) is 49.0 Å². The van der Waals surface area contributed by atoms with E-state index in [0.29, 0.717) is 0 Å². The number of rotatable bonds is 4. The van der Waals surface area contributed by atoms with Gasteiger partial charge in [-0.3, -0.25) is 0 Å². The summed E-state index contributed by atoms with van der Waals surface area (Å²) in [5.41, 5.74) is 2.61. The van der Waals surface area contributed by atoms with Crippen molar-refractivity contribution in [1.82, 2.24) is 15.5 Å². The van der Waals surface area contributed by atoms with Crippen LogP contribution in [0, 0.1) is 6.92 Å². The van der Waals surface area contributed by atoms with E-state index in [9.17, 15) is 0 Å². The fourth-order valence-electron chi connectivity index (χ4n) is 3.14. The summed E-state index contributed by atoms with van der Waals surface area (Å²) >= 11 is 0. The van der Waals surface area contributed by atoms with Crippen LogP contribution in [-0.2, 0) is 11.8 Å². The van der Waals surface area contributed by atoms with E-state index in [1.807, 2.05) is 0 Å². The quantitative estimate of drug-likeness (QED) is 0.938. The summed E-state index contributed by atoms with van der Waals surface area (Å²) in [6, 6.07) is 8.37. The number of aryl methyl sites for hydroxylation is 1. The maximum atomic E-state index is 5.62. The highest BCUT2D eigenvalue weighted by Gasteiger charge is 2.37. The third kappa shape index (κ3) is 2.86. The van der Waals surface area contributed by atoms with Gasteiger partial charge >= 0.3 is 0 Å². The summed E-state index contributed by atoms with van der Waals surface area (Å²) in [7, 11) is 0. The van der Waals surface area contributed by atoms with E-state index in [4.69, 9.17) is 9.51 Å². The van der Waals surface area contributed by atoms with Crippen molar-refractivity contribution in [2.75, 3.05) is 13.1 Å². The molecule has 1 aromatic heterocycles. The molecule has 1 saturated heterocycles. The number of nitrogens with zero attached hydrogens (tertiary/aromatic N) is 2. The summed E-state index contributed by atoms with van der Waals surface area (Å²) in [6.45, 7) is 6.40. The Balaban J connectivity index is 1.81. The largest absolute Gasteiger partial charge is 0.339 e. The van der Waals surface area contributed by atoms with Crippen molar-refractivity contribution in [2.45, 2.75) is 44.9 Å². The first-order valence-electron chi connectivity index (χ1n) is 7.82. The molecule has 3 rings (SSSR count).